The standard InChI is InChI=1S/C21H20N6O/c28-15-5-3-9-27(13-15)20-7-1-6-17(24-20)21-16-10-18(14-4-2-8-22-11-14)23-12-19(16)25-26-21/h1-2,4,6-8,10-12,15,28H,3,5,9,13H2,(H,25,26). The summed E-state index contributed by atoms with van der Waals surface area (Å²) < 4.78 is 0. The molecule has 1 fully saturated rings. The first-order chi connectivity index (χ1) is 13.8. The lowest BCUT2D eigenvalue weighted by Gasteiger charge is -2.31. The van der Waals surface area contributed by atoms with E-state index in [9.17, 15) is 5.11 Å². The number of aromatic amines is 1. The van der Waals surface area contributed by atoms with E-state index in [0.717, 1.165) is 58.8 Å². The summed E-state index contributed by atoms with van der Waals surface area (Å²) in [6.07, 6.45) is 6.87. The van der Waals surface area contributed by atoms with Gasteiger partial charge in [0, 0.05) is 36.4 Å². The summed E-state index contributed by atoms with van der Waals surface area (Å²) >= 11 is 0. The molecule has 7 heteroatoms. The molecule has 1 saturated heterocycles. The van der Waals surface area contributed by atoms with Gasteiger partial charge in [-0.25, -0.2) is 4.98 Å². The number of hydrogen-bond donors (Lipinski definition) is 2. The molecule has 4 aromatic rings. The average Bonchev–Trinajstić information content (AvgIpc) is 3.18. The molecule has 0 amide bonds. The number of pyridine rings is 3. The normalized spacial score (nSPS) is 17.2. The molecule has 1 atom stereocenters. The molecule has 1 aliphatic rings. The van der Waals surface area contributed by atoms with Crippen LogP contribution >= 0.6 is 0 Å². The topological polar surface area (TPSA) is 90.8 Å². The molecular weight excluding hydrogens is 352 g/mol. The number of piperidine rings is 1. The van der Waals surface area contributed by atoms with Gasteiger partial charge < -0.3 is 10.0 Å². The first-order valence-corrected chi connectivity index (χ1v) is 9.43. The maximum atomic E-state index is 9.98. The average molecular weight is 372 g/mol. The Bertz CT molecular complexity index is 1110. The van der Waals surface area contributed by atoms with E-state index in [1.807, 2.05) is 36.4 Å². The molecule has 0 aromatic carbocycles. The zero-order chi connectivity index (χ0) is 18.9. The summed E-state index contributed by atoms with van der Waals surface area (Å²) in [7, 11) is 0. The van der Waals surface area contributed by atoms with Crippen molar-refractivity contribution in [3.8, 4) is 22.6 Å². The van der Waals surface area contributed by atoms with Crippen LogP contribution in [0.25, 0.3) is 33.5 Å². The lowest BCUT2D eigenvalue weighted by Crippen LogP contribution is -2.38. The van der Waals surface area contributed by atoms with E-state index in [1.54, 1.807) is 18.6 Å². The molecule has 4 aromatic heterocycles. The maximum absolute atomic E-state index is 9.98. The van der Waals surface area contributed by atoms with Gasteiger partial charge in [-0.2, -0.15) is 5.10 Å². The number of aliphatic hydroxyl groups is 1. The van der Waals surface area contributed by atoms with E-state index < -0.39 is 0 Å². The molecule has 2 N–H and O–H groups in total. The molecule has 0 aliphatic carbocycles. The predicted octanol–water partition coefficient (Wildman–Crippen LogP) is 3.04. The summed E-state index contributed by atoms with van der Waals surface area (Å²) in [4.78, 5) is 15.7. The first-order valence-electron chi connectivity index (χ1n) is 9.43. The van der Waals surface area contributed by atoms with Crippen molar-refractivity contribution < 1.29 is 5.11 Å². The minimum absolute atomic E-state index is 0.293. The fourth-order valence-electron chi connectivity index (χ4n) is 3.68. The predicted molar refractivity (Wildman–Crippen MR) is 108 cm³/mol. The molecule has 1 unspecified atom stereocenters. The molecule has 1 aliphatic heterocycles. The third-order valence-electron chi connectivity index (χ3n) is 5.10. The number of aliphatic hydroxyl groups excluding tert-OH is 1. The fraction of sp³-hybridized carbons (Fsp3) is 0.238. The number of H-pyrrole nitrogens is 1. The van der Waals surface area contributed by atoms with Crippen molar-refractivity contribution in [3.05, 3.63) is 55.0 Å². The van der Waals surface area contributed by atoms with Gasteiger partial charge in [-0.1, -0.05) is 6.07 Å². The van der Waals surface area contributed by atoms with Gasteiger partial charge in [0.2, 0.25) is 0 Å². The number of rotatable bonds is 3. The number of nitrogens with one attached hydrogen (secondary N) is 1. The third kappa shape index (κ3) is 3.10. The van der Waals surface area contributed by atoms with Crippen LogP contribution in [0.3, 0.4) is 0 Å². The van der Waals surface area contributed by atoms with E-state index in [0.29, 0.717) is 6.54 Å². The molecule has 0 bridgehead atoms. The Kier molecular flexibility index (Phi) is 4.21. The van der Waals surface area contributed by atoms with Gasteiger partial charge in [0.25, 0.3) is 0 Å². The number of β-amino-alcohol motifs (C(OH)–C–C–N with tert-alkyl or cyclic N) is 1. The van der Waals surface area contributed by atoms with Crippen molar-refractivity contribution in [1.29, 1.82) is 0 Å². The van der Waals surface area contributed by atoms with Crippen molar-refractivity contribution >= 4 is 16.7 Å². The van der Waals surface area contributed by atoms with Crippen LogP contribution in [0.4, 0.5) is 5.82 Å². The third-order valence-corrected chi connectivity index (χ3v) is 5.10. The van der Waals surface area contributed by atoms with Crippen LogP contribution in [0.2, 0.25) is 0 Å². The molecule has 5 rings (SSSR count). The van der Waals surface area contributed by atoms with Gasteiger partial charge >= 0.3 is 0 Å². The van der Waals surface area contributed by atoms with E-state index in [-0.39, 0.29) is 6.10 Å². The highest BCUT2D eigenvalue weighted by Crippen LogP contribution is 2.29. The van der Waals surface area contributed by atoms with Crippen LogP contribution in [-0.4, -0.2) is 49.4 Å². The van der Waals surface area contributed by atoms with Gasteiger partial charge in [0.05, 0.1) is 29.2 Å². The number of fused-ring (bicyclic) bond motifs is 1. The van der Waals surface area contributed by atoms with Crippen molar-refractivity contribution in [2.75, 3.05) is 18.0 Å². The fourth-order valence-corrected chi connectivity index (χ4v) is 3.68. The Morgan fingerprint density at radius 2 is 2.07 bits per heavy atom. The maximum Gasteiger partial charge on any atom is 0.129 e. The second-order valence-electron chi connectivity index (χ2n) is 7.05. The highest BCUT2D eigenvalue weighted by atomic mass is 16.3. The highest BCUT2D eigenvalue weighted by molar-refractivity contribution is 5.93. The van der Waals surface area contributed by atoms with Crippen LogP contribution in [0.15, 0.2) is 55.0 Å². The van der Waals surface area contributed by atoms with Crippen LogP contribution in [-0.2, 0) is 0 Å². The van der Waals surface area contributed by atoms with E-state index in [1.165, 1.54) is 0 Å². The molecular formula is C21H20N6O. The second-order valence-corrected chi connectivity index (χ2v) is 7.05. The number of hydrogen-bond acceptors (Lipinski definition) is 6. The van der Waals surface area contributed by atoms with Gasteiger partial charge in [0.15, 0.2) is 0 Å². The van der Waals surface area contributed by atoms with Crippen LogP contribution < -0.4 is 4.90 Å². The Hall–Kier alpha value is -3.32. The number of anilines is 1. The summed E-state index contributed by atoms with van der Waals surface area (Å²) in [5, 5.41) is 18.5. The number of aromatic nitrogens is 5. The monoisotopic (exact) mass is 372 g/mol. The molecule has 7 nitrogen and oxygen atoms in total. The summed E-state index contributed by atoms with van der Waals surface area (Å²) in [6.45, 7) is 1.52. The van der Waals surface area contributed by atoms with Gasteiger partial charge in [-0.15, -0.1) is 0 Å². The lowest BCUT2D eigenvalue weighted by atomic mass is 10.1. The Morgan fingerprint density at radius 1 is 1.11 bits per heavy atom. The molecule has 140 valence electrons. The largest absolute Gasteiger partial charge is 0.391 e. The van der Waals surface area contributed by atoms with Crippen LogP contribution in [0.5, 0.6) is 0 Å². The van der Waals surface area contributed by atoms with Gasteiger partial charge in [-0.3, -0.25) is 15.1 Å². The van der Waals surface area contributed by atoms with Gasteiger partial charge in [-0.05, 0) is 43.2 Å². The van der Waals surface area contributed by atoms with Crippen molar-refractivity contribution in [3.63, 3.8) is 0 Å². The highest BCUT2D eigenvalue weighted by Gasteiger charge is 2.20. The zero-order valence-electron chi connectivity index (χ0n) is 15.3. The van der Waals surface area contributed by atoms with Crippen LogP contribution in [0.1, 0.15) is 12.8 Å². The molecule has 28 heavy (non-hydrogen) atoms. The van der Waals surface area contributed by atoms with E-state index in [4.69, 9.17) is 4.98 Å². The summed E-state index contributed by atoms with van der Waals surface area (Å²) in [6, 6.07) is 11.8. The van der Waals surface area contributed by atoms with Crippen molar-refractivity contribution in [1.82, 2.24) is 25.1 Å². The minimum Gasteiger partial charge on any atom is -0.391 e. The van der Waals surface area contributed by atoms with Crippen LogP contribution in [0, 0.1) is 0 Å². The summed E-state index contributed by atoms with van der Waals surface area (Å²) in [5.74, 6) is 0.869. The molecule has 0 saturated carbocycles. The Morgan fingerprint density at radius 3 is 2.93 bits per heavy atom. The molecule has 5 heterocycles. The zero-order valence-corrected chi connectivity index (χ0v) is 15.3. The smallest absolute Gasteiger partial charge is 0.129 e. The quantitative estimate of drug-likeness (QED) is 0.574. The second kappa shape index (κ2) is 7.01. The lowest BCUT2D eigenvalue weighted by molar-refractivity contribution is 0.154. The minimum atomic E-state index is -0.293. The first kappa shape index (κ1) is 16.8. The SMILES string of the molecule is OC1CCCN(c2cccc(-c3n[nH]c4cnc(-c5cccnc5)cc34)n2)C1. The van der Waals surface area contributed by atoms with Gasteiger partial charge in [0.1, 0.15) is 11.5 Å². The Balaban J connectivity index is 1.55. The molecule has 0 spiro atoms. The van der Waals surface area contributed by atoms with E-state index >= 15 is 0 Å². The Labute approximate surface area is 162 Å². The van der Waals surface area contributed by atoms with E-state index in [2.05, 4.69) is 25.1 Å². The summed E-state index contributed by atoms with van der Waals surface area (Å²) in [5.41, 5.74) is 4.26. The number of nitrogens with zero attached hydrogens (tertiary/aromatic N) is 5. The van der Waals surface area contributed by atoms with Crippen molar-refractivity contribution in [2.24, 2.45) is 0 Å². The molecule has 0 radical (unpaired) electrons. The van der Waals surface area contributed by atoms with Crippen molar-refractivity contribution in [2.45, 2.75) is 18.9 Å².